The van der Waals surface area contributed by atoms with Gasteiger partial charge in [-0.15, -0.1) is 0 Å². The molecule has 3 N–H and O–H groups in total. The molecule has 0 unspecified atom stereocenters. The molecule has 1 fully saturated rings. The summed E-state index contributed by atoms with van der Waals surface area (Å²) in [4.78, 5) is 27.6. The normalized spacial score (nSPS) is 14.0. The van der Waals surface area contributed by atoms with Crippen LogP contribution in [0.1, 0.15) is 61.6 Å². The third-order valence-corrected chi connectivity index (χ3v) is 6.56. The molecule has 0 saturated heterocycles. The summed E-state index contributed by atoms with van der Waals surface area (Å²) < 4.78 is 12.6. The topological polar surface area (TPSA) is 158 Å². The van der Waals surface area contributed by atoms with Gasteiger partial charge in [0.05, 0.1) is 35.7 Å². The molecule has 0 spiro atoms. The third-order valence-electron chi connectivity index (χ3n) is 6.56. The number of aliphatic hydroxyl groups excluding tert-OH is 1. The number of amides is 2. The number of nitrogens with zero attached hydrogens (tertiary/aromatic N) is 7. The van der Waals surface area contributed by atoms with E-state index in [0.29, 0.717) is 41.8 Å². The van der Waals surface area contributed by atoms with Crippen LogP contribution in [-0.4, -0.2) is 54.1 Å². The van der Waals surface area contributed by atoms with Crippen molar-refractivity contribution in [3.8, 4) is 11.5 Å². The van der Waals surface area contributed by atoms with Gasteiger partial charge in [-0.3, -0.25) is 9.88 Å². The number of aryl methyl sites for hydroxylation is 1. The first-order chi connectivity index (χ1) is 18.1. The van der Waals surface area contributed by atoms with Crippen molar-refractivity contribution in [1.82, 2.24) is 29.7 Å². The molecule has 37 heavy (non-hydrogen) atoms. The number of aromatic nitrogens is 6. The lowest BCUT2D eigenvalue weighted by Gasteiger charge is -2.25. The highest BCUT2D eigenvalue weighted by molar-refractivity contribution is 5.99. The number of carbonyl (C=O) groups is 1. The van der Waals surface area contributed by atoms with Crippen LogP contribution in [0.2, 0.25) is 0 Å². The van der Waals surface area contributed by atoms with E-state index in [1.807, 2.05) is 23.6 Å². The predicted molar refractivity (Wildman–Crippen MR) is 134 cm³/mol. The number of nitrogens with two attached hydrogens (primary N) is 1. The van der Waals surface area contributed by atoms with Crippen molar-refractivity contribution in [3.05, 3.63) is 47.9 Å². The lowest BCUT2D eigenvalue weighted by molar-refractivity contribution is 0.0913. The Balaban J connectivity index is 1.43. The molecule has 0 aliphatic heterocycles. The molecular formula is C25H30N8O4. The van der Waals surface area contributed by atoms with Gasteiger partial charge in [0.15, 0.2) is 5.65 Å². The highest BCUT2D eigenvalue weighted by Gasteiger charge is 2.29. The van der Waals surface area contributed by atoms with Crippen LogP contribution < -0.4 is 10.6 Å². The zero-order valence-electron chi connectivity index (χ0n) is 20.7. The average Bonchev–Trinajstić information content (AvgIpc) is 3.66. The number of ether oxygens (including phenoxy) is 1. The summed E-state index contributed by atoms with van der Waals surface area (Å²) in [5, 5.41) is 17.4. The first-order valence-electron chi connectivity index (χ1n) is 12.5. The number of primary amides is 1. The number of fused-ring (bicyclic) bond motifs is 1. The summed E-state index contributed by atoms with van der Waals surface area (Å²) in [5.41, 5.74) is 9.94. The smallest absolute Gasteiger partial charge is 0.324 e. The third kappa shape index (κ3) is 5.16. The fourth-order valence-electron chi connectivity index (χ4n) is 4.82. The van der Waals surface area contributed by atoms with Gasteiger partial charge in [0.1, 0.15) is 12.3 Å². The van der Waals surface area contributed by atoms with Crippen molar-refractivity contribution in [1.29, 1.82) is 0 Å². The molecule has 1 saturated carbocycles. The molecule has 0 aromatic carbocycles. The number of hydrogen-bond acceptors (Lipinski definition) is 9. The van der Waals surface area contributed by atoms with Gasteiger partial charge in [0.25, 0.3) is 5.89 Å². The van der Waals surface area contributed by atoms with Gasteiger partial charge in [0.2, 0.25) is 5.82 Å². The lowest BCUT2D eigenvalue weighted by atomic mass is 10.0. The van der Waals surface area contributed by atoms with E-state index in [1.54, 1.807) is 18.6 Å². The van der Waals surface area contributed by atoms with Crippen molar-refractivity contribution >= 4 is 23.1 Å². The molecule has 4 aromatic rings. The zero-order chi connectivity index (χ0) is 25.8. The van der Waals surface area contributed by atoms with Gasteiger partial charge in [-0.1, -0.05) is 18.0 Å². The summed E-state index contributed by atoms with van der Waals surface area (Å²) in [6, 6.07) is 3.03. The van der Waals surface area contributed by atoms with Crippen molar-refractivity contribution in [2.45, 2.75) is 58.0 Å². The molecule has 4 heterocycles. The van der Waals surface area contributed by atoms with Crippen LogP contribution in [0.15, 0.2) is 35.2 Å². The maximum atomic E-state index is 12.8. The zero-order valence-corrected chi connectivity index (χ0v) is 20.7. The van der Waals surface area contributed by atoms with E-state index in [9.17, 15) is 4.79 Å². The van der Waals surface area contributed by atoms with E-state index < -0.39 is 6.03 Å². The van der Waals surface area contributed by atoms with Crippen LogP contribution in [0.25, 0.3) is 17.2 Å². The summed E-state index contributed by atoms with van der Waals surface area (Å²) in [7, 11) is 0. The second kappa shape index (κ2) is 11.0. The fourth-order valence-corrected chi connectivity index (χ4v) is 4.82. The van der Waals surface area contributed by atoms with Crippen LogP contribution in [0, 0.1) is 6.92 Å². The minimum Gasteiger partial charge on any atom is -0.396 e. The first-order valence-corrected chi connectivity index (χ1v) is 12.5. The molecule has 12 nitrogen and oxygen atoms in total. The summed E-state index contributed by atoms with van der Waals surface area (Å²) in [5.74, 6) is 0.914. The summed E-state index contributed by atoms with van der Waals surface area (Å²) in [6.45, 7) is 2.67. The molecular weight excluding hydrogens is 476 g/mol. The number of unbranched alkanes of at least 4 members (excludes halogenated alkanes) is 1. The molecule has 0 radical (unpaired) electrons. The van der Waals surface area contributed by atoms with E-state index in [2.05, 4.69) is 25.2 Å². The minimum absolute atomic E-state index is 0.137. The highest BCUT2D eigenvalue weighted by atomic mass is 16.5. The van der Waals surface area contributed by atoms with Crippen molar-refractivity contribution in [3.63, 3.8) is 0 Å². The molecule has 5 rings (SSSR count). The molecule has 4 aromatic heterocycles. The maximum absolute atomic E-state index is 12.8. The van der Waals surface area contributed by atoms with E-state index in [4.69, 9.17) is 20.1 Å². The molecule has 0 bridgehead atoms. The first kappa shape index (κ1) is 24.8. The van der Waals surface area contributed by atoms with Gasteiger partial charge < -0.3 is 20.1 Å². The molecule has 2 amide bonds. The second-order valence-corrected chi connectivity index (χ2v) is 9.14. The molecule has 194 valence electrons. The van der Waals surface area contributed by atoms with Gasteiger partial charge in [-0.2, -0.15) is 10.1 Å². The molecule has 12 heteroatoms. The van der Waals surface area contributed by atoms with Crippen LogP contribution in [0.3, 0.4) is 0 Å². The second-order valence-electron chi connectivity index (χ2n) is 9.14. The number of anilines is 2. The number of aliphatic hydroxyl groups is 1. The van der Waals surface area contributed by atoms with E-state index in [0.717, 1.165) is 49.0 Å². The van der Waals surface area contributed by atoms with Gasteiger partial charge in [0, 0.05) is 25.2 Å². The van der Waals surface area contributed by atoms with Gasteiger partial charge >= 0.3 is 6.03 Å². The Bertz CT molecular complexity index is 1380. The Labute approximate surface area is 213 Å². The number of carbonyl (C=O) groups excluding carboxylic acids is 1. The van der Waals surface area contributed by atoms with Gasteiger partial charge in [-0.05, 0) is 44.2 Å². The number of hydrogen-bond donors (Lipinski definition) is 2. The Hall–Kier alpha value is -3.90. The van der Waals surface area contributed by atoms with Gasteiger partial charge in [-0.25, -0.2) is 14.3 Å². The molecule has 0 atom stereocenters. The van der Waals surface area contributed by atoms with Crippen molar-refractivity contribution in [2.24, 2.45) is 5.73 Å². The Morgan fingerprint density at radius 2 is 2.11 bits per heavy atom. The predicted octanol–water partition coefficient (Wildman–Crippen LogP) is 3.65. The number of rotatable bonds is 10. The van der Waals surface area contributed by atoms with Crippen LogP contribution in [0.4, 0.5) is 16.2 Å². The van der Waals surface area contributed by atoms with E-state index >= 15 is 0 Å². The Morgan fingerprint density at radius 1 is 1.27 bits per heavy atom. The molecule has 1 aliphatic rings. The standard InChI is InChI=1S/C25H30N8O4/c1-16-12-18(13-28-22(16)24-30-21(37-31-24)15-36-11-5-4-10-34)32(25(26)35)19-14-27-20-8-9-29-33(20)23(19)17-6-2-3-7-17/h8-9,12-14,17,34H,2-7,10-11,15H2,1H3,(H2,26,35). The minimum atomic E-state index is -0.637. The quantitative estimate of drug-likeness (QED) is 0.306. The largest absolute Gasteiger partial charge is 0.396 e. The van der Waals surface area contributed by atoms with Crippen molar-refractivity contribution < 1.29 is 19.2 Å². The Kier molecular flexibility index (Phi) is 7.37. The highest BCUT2D eigenvalue weighted by Crippen LogP contribution is 2.40. The lowest BCUT2D eigenvalue weighted by Crippen LogP contribution is -2.33. The summed E-state index contributed by atoms with van der Waals surface area (Å²) >= 11 is 0. The SMILES string of the molecule is Cc1cc(N(C(N)=O)c2cnc3ccnn3c2C2CCCC2)cnc1-c1noc(COCCCCO)n1. The summed E-state index contributed by atoms with van der Waals surface area (Å²) in [6.07, 6.45) is 10.7. The van der Waals surface area contributed by atoms with Crippen LogP contribution in [-0.2, 0) is 11.3 Å². The van der Waals surface area contributed by atoms with Crippen LogP contribution in [0.5, 0.6) is 0 Å². The fraction of sp³-hybridized carbons (Fsp3) is 0.440. The Morgan fingerprint density at radius 3 is 2.86 bits per heavy atom. The maximum Gasteiger partial charge on any atom is 0.324 e. The number of pyridine rings is 1. The average molecular weight is 507 g/mol. The van der Waals surface area contributed by atoms with E-state index in [-0.39, 0.29) is 19.1 Å². The monoisotopic (exact) mass is 506 g/mol. The van der Waals surface area contributed by atoms with Crippen LogP contribution >= 0.6 is 0 Å². The van der Waals surface area contributed by atoms with E-state index in [1.165, 1.54) is 4.90 Å². The number of urea groups is 1. The van der Waals surface area contributed by atoms with Crippen molar-refractivity contribution in [2.75, 3.05) is 18.1 Å². The molecule has 1 aliphatic carbocycles.